The van der Waals surface area contributed by atoms with Gasteiger partial charge in [-0.25, -0.2) is 9.97 Å². The summed E-state index contributed by atoms with van der Waals surface area (Å²) < 4.78 is 13.6. The van der Waals surface area contributed by atoms with Gasteiger partial charge in [0.15, 0.2) is 5.82 Å². The van der Waals surface area contributed by atoms with Crippen LogP contribution in [0.2, 0.25) is 0 Å². The van der Waals surface area contributed by atoms with Gasteiger partial charge in [0.1, 0.15) is 29.1 Å². The fourth-order valence-electron chi connectivity index (χ4n) is 3.55. The maximum absolute atomic E-state index is 5.97. The van der Waals surface area contributed by atoms with E-state index in [1.54, 1.807) is 18.8 Å². The molecule has 4 heterocycles. The number of ether oxygens (including phenoxy) is 1. The van der Waals surface area contributed by atoms with E-state index < -0.39 is 0 Å². The van der Waals surface area contributed by atoms with Gasteiger partial charge >= 0.3 is 0 Å². The van der Waals surface area contributed by atoms with Crippen molar-refractivity contribution >= 4 is 22.5 Å². The molecular weight excluding hydrogens is 390 g/mol. The van der Waals surface area contributed by atoms with Crippen molar-refractivity contribution in [3.8, 4) is 23.0 Å². The lowest BCUT2D eigenvalue weighted by Crippen LogP contribution is -2.00. The second-order valence-corrected chi connectivity index (χ2v) is 7.36. The Labute approximate surface area is 179 Å². The quantitative estimate of drug-likeness (QED) is 0.395. The average Bonchev–Trinajstić information content (AvgIpc) is 3.40. The first-order valence-corrected chi connectivity index (χ1v) is 9.91. The smallest absolute Gasteiger partial charge is 0.158 e. The number of benzene rings is 1. The van der Waals surface area contributed by atoms with E-state index in [0.29, 0.717) is 5.75 Å². The van der Waals surface area contributed by atoms with Crippen molar-refractivity contribution in [3.05, 3.63) is 78.6 Å². The van der Waals surface area contributed by atoms with Crippen molar-refractivity contribution in [2.24, 2.45) is 7.05 Å². The lowest BCUT2D eigenvalue weighted by atomic mass is 10.2. The van der Waals surface area contributed by atoms with Crippen LogP contribution in [-0.4, -0.2) is 19.5 Å². The number of nitrogens with zero attached hydrogens (tertiary/aromatic N) is 4. The summed E-state index contributed by atoms with van der Waals surface area (Å²) in [7, 11) is 1.98. The van der Waals surface area contributed by atoms with Crippen molar-refractivity contribution < 1.29 is 9.15 Å². The van der Waals surface area contributed by atoms with Gasteiger partial charge in [0.05, 0.1) is 23.7 Å². The molecule has 0 aliphatic rings. The van der Waals surface area contributed by atoms with Crippen molar-refractivity contribution in [3.63, 3.8) is 0 Å². The van der Waals surface area contributed by atoms with Gasteiger partial charge in [-0.2, -0.15) is 0 Å². The van der Waals surface area contributed by atoms with Gasteiger partial charge in [-0.1, -0.05) is 0 Å². The van der Waals surface area contributed by atoms with Crippen molar-refractivity contribution in [1.82, 2.24) is 19.5 Å². The summed E-state index contributed by atoms with van der Waals surface area (Å²) in [6, 6.07) is 15.6. The summed E-state index contributed by atoms with van der Waals surface area (Å²) in [6.07, 6.45) is 4.95. The maximum Gasteiger partial charge on any atom is 0.158 e. The highest BCUT2D eigenvalue weighted by atomic mass is 16.5. The highest BCUT2D eigenvalue weighted by molar-refractivity contribution is 5.92. The molecule has 0 aliphatic heterocycles. The molecule has 4 aromatic heterocycles. The number of furan rings is 1. The summed E-state index contributed by atoms with van der Waals surface area (Å²) in [5, 5.41) is 3.42. The predicted molar refractivity (Wildman–Crippen MR) is 120 cm³/mol. The van der Waals surface area contributed by atoms with E-state index in [9.17, 15) is 0 Å². The fraction of sp³-hybridized carbons (Fsp3) is 0.125. The van der Waals surface area contributed by atoms with Crippen LogP contribution in [0.3, 0.4) is 0 Å². The zero-order valence-corrected chi connectivity index (χ0v) is 17.5. The van der Waals surface area contributed by atoms with E-state index >= 15 is 0 Å². The molecule has 31 heavy (non-hydrogen) atoms. The molecule has 0 amide bonds. The van der Waals surface area contributed by atoms with Gasteiger partial charge in [0.2, 0.25) is 0 Å². The van der Waals surface area contributed by atoms with Crippen LogP contribution in [0.15, 0.2) is 71.7 Å². The first-order chi connectivity index (χ1) is 15.1. The Morgan fingerprint density at radius 3 is 2.65 bits per heavy atom. The van der Waals surface area contributed by atoms with Crippen LogP contribution in [0.25, 0.3) is 22.5 Å². The fourth-order valence-corrected chi connectivity index (χ4v) is 3.55. The maximum atomic E-state index is 5.97. The third-order valence-electron chi connectivity index (χ3n) is 5.14. The molecule has 7 nitrogen and oxygen atoms in total. The van der Waals surface area contributed by atoms with Gasteiger partial charge in [-0.05, 0) is 67.9 Å². The van der Waals surface area contributed by atoms with Crippen LogP contribution in [0.4, 0.5) is 11.5 Å². The number of fused-ring (bicyclic) bond motifs is 1. The monoisotopic (exact) mass is 411 g/mol. The molecule has 0 saturated carbocycles. The molecule has 0 spiro atoms. The highest BCUT2D eigenvalue weighted by Crippen LogP contribution is 2.32. The molecule has 0 bridgehead atoms. The Kier molecular flexibility index (Phi) is 4.63. The average molecular weight is 411 g/mol. The standard InChI is InChI=1S/C24H21N5O2/c1-15-11-17(7-9-21(15)31-18-8-6-16(2)25-13-18)28-24-23-19(26-14-27-24)12-20(29(23)3)22-5-4-10-30-22/h4-14H,1-3H3,(H,26,27,28). The minimum Gasteiger partial charge on any atom is -0.463 e. The van der Waals surface area contributed by atoms with Crippen LogP contribution in [0.1, 0.15) is 11.3 Å². The number of rotatable bonds is 5. The molecule has 1 N–H and O–H groups in total. The second kappa shape index (κ2) is 7.60. The summed E-state index contributed by atoms with van der Waals surface area (Å²) in [4.78, 5) is 13.2. The Morgan fingerprint density at radius 2 is 1.90 bits per heavy atom. The molecular formula is C24H21N5O2. The van der Waals surface area contributed by atoms with E-state index in [4.69, 9.17) is 9.15 Å². The van der Waals surface area contributed by atoms with E-state index in [0.717, 1.165) is 51.0 Å². The van der Waals surface area contributed by atoms with E-state index in [2.05, 4.69) is 20.3 Å². The normalized spacial score (nSPS) is 11.1. The largest absolute Gasteiger partial charge is 0.463 e. The van der Waals surface area contributed by atoms with Gasteiger partial charge in [-0.15, -0.1) is 0 Å². The Balaban J connectivity index is 1.44. The van der Waals surface area contributed by atoms with Gasteiger partial charge in [0.25, 0.3) is 0 Å². The first-order valence-electron chi connectivity index (χ1n) is 9.91. The van der Waals surface area contributed by atoms with E-state index in [1.807, 2.05) is 74.0 Å². The molecule has 5 rings (SSSR count). The number of anilines is 2. The molecule has 7 heteroatoms. The van der Waals surface area contributed by atoms with E-state index in [-0.39, 0.29) is 0 Å². The summed E-state index contributed by atoms with van der Waals surface area (Å²) in [5.41, 5.74) is 5.55. The van der Waals surface area contributed by atoms with Gasteiger partial charge in [0, 0.05) is 18.4 Å². The minimum atomic E-state index is 0.709. The van der Waals surface area contributed by atoms with Crippen LogP contribution < -0.4 is 10.1 Å². The third kappa shape index (κ3) is 3.61. The third-order valence-corrected chi connectivity index (χ3v) is 5.14. The number of hydrogen-bond donors (Lipinski definition) is 1. The van der Waals surface area contributed by atoms with Crippen LogP contribution in [0.5, 0.6) is 11.5 Å². The molecule has 0 radical (unpaired) electrons. The lowest BCUT2D eigenvalue weighted by molar-refractivity contribution is 0.476. The van der Waals surface area contributed by atoms with Gasteiger partial charge in [-0.3, -0.25) is 4.98 Å². The molecule has 5 aromatic rings. The Hall–Kier alpha value is -4.13. The van der Waals surface area contributed by atoms with Crippen molar-refractivity contribution in [2.45, 2.75) is 13.8 Å². The predicted octanol–water partition coefficient (Wildman–Crippen LogP) is 5.78. The molecule has 0 atom stereocenters. The minimum absolute atomic E-state index is 0.709. The molecule has 0 fully saturated rings. The van der Waals surface area contributed by atoms with Crippen molar-refractivity contribution in [1.29, 1.82) is 0 Å². The van der Waals surface area contributed by atoms with Crippen LogP contribution in [0, 0.1) is 13.8 Å². The summed E-state index contributed by atoms with van der Waals surface area (Å²) in [6.45, 7) is 3.96. The topological polar surface area (TPSA) is 78.0 Å². The van der Waals surface area contributed by atoms with Crippen molar-refractivity contribution in [2.75, 3.05) is 5.32 Å². The Morgan fingerprint density at radius 1 is 1.00 bits per heavy atom. The number of nitrogens with one attached hydrogen (secondary N) is 1. The number of pyridine rings is 1. The summed E-state index contributed by atoms with van der Waals surface area (Å²) >= 11 is 0. The first kappa shape index (κ1) is 18.9. The van der Waals surface area contributed by atoms with Crippen LogP contribution in [-0.2, 0) is 7.05 Å². The lowest BCUT2D eigenvalue weighted by Gasteiger charge is -2.12. The number of aromatic nitrogens is 4. The van der Waals surface area contributed by atoms with Crippen LogP contribution >= 0.6 is 0 Å². The molecule has 154 valence electrons. The Bertz CT molecular complexity index is 1360. The SMILES string of the molecule is Cc1ccc(Oc2ccc(Nc3ncnc4cc(-c5ccco5)n(C)c34)cc2C)cn1. The van der Waals surface area contributed by atoms with Gasteiger partial charge < -0.3 is 19.0 Å². The molecule has 0 saturated heterocycles. The molecule has 0 aliphatic carbocycles. The highest BCUT2D eigenvalue weighted by Gasteiger charge is 2.15. The molecule has 0 unspecified atom stereocenters. The zero-order valence-electron chi connectivity index (χ0n) is 17.5. The van der Waals surface area contributed by atoms with E-state index in [1.165, 1.54) is 0 Å². The second-order valence-electron chi connectivity index (χ2n) is 7.36. The number of aryl methyl sites for hydroxylation is 3. The summed E-state index contributed by atoms with van der Waals surface area (Å²) in [5.74, 6) is 3.00. The zero-order chi connectivity index (χ0) is 21.4. The molecule has 1 aromatic carbocycles. The number of hydrogen-bond acceptors (Lipinski definition) is 6.